The van der Waals surface area contributed by atoms with Gasteiger partial charge >= 0.3 is 0 Å². The number of benzene rings is 1. The number of nitrogens with one attached hydrogen (secondary N) is 1. The van der Waals surface area contributed by atoms with Crippen molar-refractivity contribution in [1.29, 1.82) is 0 Å². The second kappa shape index (κ2) is 5.64. The molecule has 4 nitrogen and oxygen atoms in total. The third-order valence-electron chi connectivity index (χ3n) is 3.69. The molecule has 0 saturated carbocycles. The van der Waals surface area contributed by atoms with Crippen LogP contribution in [0.25, 0.3) is 0 Å². The van der Waals surface area contributed by atoms with Gasteiger partial charge in [-0.2, -0.15) is 0 Å². The Balaban J connectivity index is 2.39. The zero-order valence-corrected chi connectivity index (χ0v) is 13.0. The SMILES string of the molecule is CCC1C(=O)NC(C)(C)C(=O)N1Cc1c(F)cccc1Cl. The lowest BCUT2D eigenvalue weighted by Crippen LogP contribution is -2.67. The first kappa shape index (κ1) is 15.8. The number of hydrogen-bond acceptors (Lipinski definition) is 2. The van der Waals surface area contributed by atoms with Crippen LogP contribution in [0.3, 0.4) is 0 Å². The van der Waals surface area contributed by atoms with Gasteiger partial charge in [0.25, 0.3) is 0 Å². The molecule has 21 heavy (non-hydrogen) atoms. The quantitative estimate of drug-likeness (QED) is 0.932. The molecule has 1 aromatic carbocycles. The molecular formula is C15H18ClFN2O2. The normalized spacial score (nSPS) is 21.4. The number of amides is 2. The van der Waals surface area contributed by atoms with Gasteiger partial charge < -0.3 is 10.2 Å². The maximum absolute atomic E-state index is 13.9. The van der Waals surface area contributed by atoms with Gasteiger partial charge in [-0.1, -0.05) is 24.6 Å². The lowest BCUT2D eigenvalue weighted by molar-refractivity contribution is -0.154. The summed E-state index contributed by atoms with van der Waals surface area (Å²) in [6.07, 6.45) is 0.458. The summed E-state index contributed by atoms with van der Waals surface area (Å²) < 4.78 is 13.9. The number of carbonyl (C=O) groups excluding carboxylic acids is 2. The maximum Gasteiger partial charge on any atom is 0.248 e. The molecule has 1 aromatic rings. The molecule has 0 bridgehead atoms. The monoisotopic (exact) mass is 312 g/mol. The van der Waals surface area contributed by atoms with Crippen LogP contribution in [0.2, 0.25) is 5.02 Å². The standard InChI is InChI=1S/C15H18ClFN2O2/c1-4-12-13(20)18-15(2,3)14(21)19(12)8-9-10(16)6-5-7-11(9)17/h5-7,12H,4,8H2,1-3H3,(H,18,20). The number of nitrogens with zero attached hydrogens (tertiary/aromatic N) is 1. The van der Waals surface area contributed by atoms with Crippen molar-refractivity contribution < 1.29 is 14.0 Å². The van der Waals surface area contributed by atoms with E-state index in [1.807, 2.05) is 6.92 Å². The predicted octanol–water partition coefficient (Wildman–Crippen LogP) is 2.49. The van der Waals surface area contributed by atoms with E-state index in [2.05, 4.69) is 5.32 Å². The minimum absolute atomic E-state index is 0.0142. The average molecular weight is 313 g/mol. The van der Waals surface area contributed by atoms with E-state index in [0.717, 1.165) is 0 Å². The lowest BCUT2D eigenvalue weighted by Gasteiger charge is -2.42. The lowest BCUT2D eigenvalue weighted by atomic mass is 9.95. The highest BCUT2D eigenvalue weighted by molar-refractivity contribution is 6.31. The van der Waals surface area contributed by atoms with Gasteiger partial charge in [-0.25, -0.2) is 4.39 Å². The van der Waals surface area contributed by atoms with Gasteiger partial charge in [-0.05, 0) is 32.4 Å². The molecule has 0 aliphatic carbocycles. The first-order valence-electron chi connectivity index (χ1n) is 6.84. The summed E-state index contributed by atoms with van der Waals surface area (Å²) in [6.45, 7) is 5.07. The number of hydrogen-bond donors (Lipinski definition) is 1. The fourth-order valence-electron chi connectivity index (χ4n) is 2.53. The Kier molecular flexibility index (Phi) is 4.23. The van der Waals surface area contributed by atoms with Crippen molar-refractivity contribution in [2.24, 2.45) is 0 Å². The van der Waals surface area contributed by atoms with Gasteiger partial charge in [-0.15, -0.1) is 0 Å². The third kappa shape index (κ3) is 2.88. The Morgan fingerprint density at radius 3 is 2.62 bits per heavy atom. The number of piperazine rings is 1. The summed E-state index contributed by atoms with van der Waals surface area (Å²) in [5, 5.41) is 2.95. The van der Waals surface area contributed by atoms with Crippen molar-refractivity contribution >= 4 is 23.4 Å². The topological polar surface area (TPSA) is 49.4 Å². The smallest absolute Gasteiger partial charge is 0.248 e. The number of rotatable bonds is 3. The Hall–Kier alpha value is -1.62. The maximum atomic E-state index is 13.9. The Morgan fingerprint density at radius 1 is 1.38 bits per heavy atom. The van der Waals surface area contributed by atoms with E-state index in [0.29, 0.717) is 6.42 Å². The molecular weight excluding hydrogens is 295 g/mol. The zero-order chi connectivity index (χ0) is 15.8. The number of carbonyl (C=O) groups is 2. The van der Waals surface area contributed by atoms with E-state index < -0.39 is 17.4 Å². The second-order valence-corrected chi connectivity index (χ2v) is 6.08. The Morgan fingerprint density at radius 2 is 2.05 bits per heavy atom. The third-order valence-corrected chi connectivity index (χ3v) is 4.04. The van der Waals surface area contributed by atoms with Crippen LogP contribution in [0.1, 0.15) is 32.8 Å². The van der Waals surface area contributed by atoms with Crippen molar-refractivity contribution in [1.82, 2.24) is 10.2 Å². The van der Waals surface area contributed by atoms with Gasteiger partial charge in [0.05, 0.1) is 6.54 Å². The van der Waals surface area contributed by atoms with E-state index in [1.54, 1.807) is 19.9 Å². The molecule has 2 rings (SSSR count). The molecule has 0 spiro atoms. The summed E-state index contributed by atoms with van der Waals surface area (Å²) in [4.78, 5) is 26.1. The number of halogens is 2. The molecule has 0 aromatic heterocycles. The van der Waals surface area contributed by atoms with Gasteiger partial charge in [0.15, 0.2) is 0 Å². The summed E-state index contributed by atoms with van der Waals surface area (Å²) >= 11 is 6.02. The average Bonchev–Trinajstić information content (AvgIpc) is 2.39. The highest BCUT2D eigenvalue weighted by atomic mass is 35.5. The van der Waals surface area contributed by atoms with Crippen LogP contribution in [0, 0.1) is 5.82 Å². The first-order chi connectivity index (χ1) is 9.77. The fraction of sp³-hybridized carbons (Fsp3) is 0.467. The van der Waals surface area contributed by atoms with Crippen molar-refractivity contribution in [2.75, 3.05) is 0 Å². The summed E-state index contributed by atoms with van der Waals surface area (Å²) in [5.41, 5.74) is -0.767. The van der Waals surface area contributed by atoms with Crippen molar-refractivity contribution in [3.8, 4) is 0 Å². The molecule has 1 aliphatic heterocycles. The second-order valence-electron chi connectivity index (χ2n) is 5.67. The summed E-state index contributed by atoms with van der Waals surface area (Å²) in [7, 11) is 0. The molecule has 6 heteroatoms. The molecule has 0 radical (unpaired) electrons. The fourth-order valence-corrected chi connectivity index (χ4v) is 2.75. The molecule has 114 valence electrons. The van der Waals surface area contributed by atoms with Crippen LogP contribution in [-0.2, 0) is 16.1 Å². The van der Waals surface area contributed by atoms with E-state index in [4.69, 9.17) is 11.6 Å². The minimum atomic E-state index is -1.000. The van der Waals surface area contributed by atoms with Gasteiger partial charge in [0.1, 0.15) is 17.4 Å². The van der Waals surface area contributed by atoms with Gasteiger partial charge in [-0.3, -0.25) is 9.59 Å². The van der Waals surface area contributed by atoms with Crippen LogP contribution in [-0.4, -0.2) is 28.3 Å². The van der Waals surface area contributed by atoms with Crippen LogP contribution in [0.15, 0.2) is 18.2 Å². The van der Waals surface area contributed by atoms with Crippen LogP contribution in [0.5, 0.6) is 0 Å². The van der Waals surface area contributed by atoms with E-state index in [9.17, 15) is 14.0 Å². The Labute approximate surface area is 128 Å². The molecule has 1 aliphatic rings. The molecule has 1 atom stereocenters. The molecule has 1 N–H and O–H groups in total. The summed E-state index contributed by atoms with van der Waals surface area (Å²) in [6, 6.07) is 3.76. The van der Waals surface area contributed by atoms with Crippen LogP contribution >= 0.6 is 11.6 Å². The van der Waals surface area contributed by atoms with Crippen molar-refractivity contribution in [3.05, 3.63) is 34.6 Å². The predicted molar refractivity (Wildman–Crippen MR) is 78.3 cm³/mol. The van der Waals surface area contributed by atoms with E-state index in [-0.39, 0.29) is 28.9 Å². The van der Waals surface area contributed by atoms with Crippen LogP contribution in [0.4, 0.5) is 4.39 Å². The molecule has 1 fully saturated rings. The zero-order valence-electron chi connectivity index (χ0n) is 12.2. The minimum Gasteiger partial charge on any atom is -0.340 e. The summed E-state index contributed by atoms with van der Waals surface area (Å²) in [5.74, 6) is -0.947. The molecule has 1 unspecified atom stereocenters. The van der Waals surface area contributed by atoms with Gasteiger partial charge in [0.2, 0.25) is 11.8 Å². The largest absolute Gasteiger partial charge is 0.340 e. The molecule has 1 heterocycles. The molecule has 2 amide bonds. The van der Waals surface area contributed by atoms with E-state index >= 15 is 0 Å². The van der Waals surface area contributed by atoms with E-state index in [1.165, 1.54) is 17.0 Å². The highest BCUT2D eigenvalue weighted by Gasteiger charge is 2.44. The van der Waals surface area contributed by atoms with Crippen molar-refractivity contribution in [3.63, 3.8) is 0 Å². The van der Waals surface area contributed by atoms with Crippen molar-refractivity contribution in [2.45, 2.75) is 45.3 Å². The van der Waals surface area contributed by atoms with Crippen LogP contribution < -0.4 is 5.32 Å². The Bertz CT molecular complexity index is 569. The highest BCUT2D eigenvalue weighted by Crippen LogP contribution is 2.26. The molecule has 1 saturated heterocycles. The first-order valence-corrected chi connectivity index (χ1v) is 7.21. The van der Waals surface area contributed by atoms with Gasteiger partial charge in [0, 0.05) is 10.6 Å².